The maximum absolute atomic E-state index is 12.3. The Bertz CT molecular complexity index is 580. The van der Waals surface area contributed by atoms with Crippen molar-refractivity contribution in [2.24, 2.45) is 0 Å². The Morgan fingerprint density at radius 3 is 2.14 bits per heavy atom. The van der Waals surface area contributed by atoms with Crippen LogP contribution in [0.25, 0.3) is 0 Å². The first-order valence-corrected chi connectivity index (χ1v) is 9.37. The van der Waals surface area contributed by atoms with Gasteiger partial charge in [0.05, 0.1) is 6.26 Å². The van der Waals surface area contributed by atoms with E-state index >= 15 is 0 Å². The second-order valence-electron chi connectivity index (χ2n) is 5.71. The number of carbonyl (C=O) groups is 1. The van der Waals surface area contributed by atoms with Crippen LogP contribution in [0.5, 0.6) is 0 Å². The molecule has 22 heavy (non-hydrogen) atoms. The third kappa shape index (κ3) is 4.21. The molecule has 2 heterocycles. The summed E-state index contributed by atoms with van der Waals surface area (Å²) >= 11 is 0. The minimum atomic E-state index is -3.17. The molecule has 1 amide bonds. The minimum absolute atomic E-state index is 0.134. The number of likely N-dealkylation sites (tertiary alicyclic amines) is 1. The zero-order valence-corrected chi connectivity index (χ0v) is 13.7. The number of hydrogen-bond donors (Lipinski definition) is 0. The number of hydrogen-bond acceptors (Lipinski definition) is 5. The van der Waals surface area contributed by atoms with Crippen LogP contribution in [0.2, 0.25) is 0 Å². The van der Waals surface area contributed by atoms with E-state index in [2.05, 4.69) is 0 Å². The van der Waals surface area contributed by atoms with Crippen LogP contribution < -0.4 is 0 Å². The lowest BCUT2D eigenvalue weighted by atomic mass is 10.1. The third-order valence-electron chi connectivity index (χ3n) is 4.05. The number of carbonyl (C=O) groups excluding carboxylic acids is 1. The molecule has 7 nitrogen and oxygen atoms in total. The van der Waals surface area contributed by atoms with E-state index in [0.717, 1.165) is 19.3 Å². The molecule has 0 aromatic carbocycles. The molecule has 2 rings (SSSR count). The molecule has 0 atom stereocenters. The molecule has 0 unspecified atom stereocenters. The summed E-state index contributed by atoms with van der Waals surface area (Å²) in [6, 6.07) is 1.98. The van der Waals surface area contributed by atoms with Crippen molar-refractivity contribution in [3.63, 3.8) is 0 Å². The molecule has 0 N–H and O–H groups in total. The van der Waals surface area contributed by atoms with Crippen LogP contribution in [-0.4, -0.2) is 74.0 Å². The maximum atomic E-state index is 12.3. The van der Waals surface area contributed by atoms with Gasteiger partial charge in [0.15, 0.2) is 0 Å². The Labute approximate surface area is 131 Å². The molecular formula is C14H22N4O3S. The number of piperidine rings is 1. The molecule has 2 fully saturated rings. The highest BCUT2D eigenvalue weighted by molar-refractivity contribution is 7.88. The van der Waals surface area contributed by atoms with E-state index in [-0.39, 0.29) is 11.5 Å². The fourth-order valence-corrected chi connectivity index (χ4v) is 3.57. The Kier molecular flexibility index (Phi) is 5.42. The summed E-state index contributed by atoms with van der Waals surface area (Å²) in [7, 11) is -3.17. The highest BCUT2D eigenvalue weighted by atomic mass is 32.2. The lowest BCUT2D eigenvalue weighted by Crippen LogP contribution is -2.46. The molecule has 0 radical (unpaired) electrons. The molecule has 0 bridgehead atoms. The average Bonchev–Trinajstić information content (AvgIpc) is 2.52. The highest BCUT2D eigenvalue weighted by Crippen LogP contribution is 2.13. The monoisotopic (exact) mass is 326 g/mol. The van der Waals surface area contributed by atoms with Crippen molar-refractivity contribution in [2.45, 2.75) is 19.3 Å². The second kappa shape index (κ2) is 7.11. The lowest BCUT2D eigenvalue weighted by Gasteiger charge is -2.33. The summed E-state index contributed by atoms with van der Waals surface area (Å²) in [6.07, 6.45) is 5.87. The number of amides is 1. The number of nitriles is 1. The van der Waals surface area contributed by atoms with Crippen LogP contribution in [0.1, 0.15) is 19.3 Å². The van der Waals surface area contributed by atoms with Crippen LogP contribution in [0.4, 0.5) is 0 Å². The summed E-state index contributed by atoms with van der Waals surface area (Å²) in [6.45, 7) is 3.16. The molecule has 0 aliphatic carbocycles. The smallest absolute Gasteiger partial charge is 0.266 e. The van der Waals surface area contributed by atoms with Crippen molar-refractivity contribution in [3.8, 4) is 6.07 Å². The molecule has 2 aliphatic heterocycles. The number of sulfonamides is 1. The van der Waals surface area contributed by atoms with Gasteiger partial charge in [-0.3, -0.25) is 4.79 Å². The van der Waals surface area contributed by atoms with Gasteiger partial charge in [-0.05, 0) is 19.3 Å². The fraction of sp³-hybridized carbons (Fsp3) is 0.714. The second-order valence-corrected chi connectivity index (χ2v) is 7.69. The normalized spacial score (nSPS) is 21.5. The van der Waals surface area contributed by atoms with Gasteiger partial charge in [0.2, 0.25) is 10.0 Å². The fourth-order valence-electron chi connectivity index (χ4n) is 2.75. The summed E-state index contributed by atoms with van der Waals surface area (Å²) in [5.41, 5.74) is 0.134. The molecule has 8 heteroatoms. The van der Waals surface area contributed by atoms with Crippen molar-refractivity contribution in [2.75, 3.05) is 45.5 Å². The summed E-state index contributed by atoms with van der Waals surface area (Å²) in [5, 5.41) is 9.24. The SMILES string of the molecule is CS(=O)(=O)N1CCN(/C=C(/C#N)C(=O)N2CCCCC2)CC1. The predicted octanol–water partition coefficient (Wildman–Crippen LogP) is -0.0164. The number of rotatable bonds is 3. The average molecular weight is 326 g/mol. The summed E-state index contributed by atoms with van der Waals surface area (Å²) < 4.78 is 24.3. The highest BCUT2D eigenvalue weighted by Gasteiger charge is 2.24. The first kappa shape index (κ1) is 16.8. The van der Waals surface area contributed by atoms with Gasteiger partial charge in [0.25, 0.3) is 5.91 Å². The standard InChI is InChI=1S/C14H22N4O3S/c1-22(20,21)18-9-7-16(8-10-18)12-13(11-15)14(19)17-5-3-2-4-6-17/h12H,2-10H2,1H3/b13-12-. The predicted molar refractivity (Wildman–Crippen MR) is 82.1 cm³/mol. The topological polar surface area (TPSA) is 84.7 Å². The summed E-state index contributed by atoms with van der Waals surface area (Å²) in [5.74, 6) is -0.215. The van der Waals surface area contributed by atoms with Crippen molar-refractivity contribution >= 4 is 15.9 Å². The molecule has 122 valence electrons. The van der Waals surface area contributed by atoms with Crippen LogP contribution in [0.15, 0.2) is 11.8 Å². The van der Waals surface area contributed by atoms with Crippen LogP contribution in [-0.2, 0) is 14.8 Å². The first-order valence-electron chi connectivity index (χ1n) is 7.52. The first-order chi connectivity index (χ1) is 10.4. The van der Waals surface area contributed by atoms with Gasteiger partial charge < -0.3 is 9.80 Å². The zero-order valence-electron chi connectivity index (χ0n) is 12.9. The zero-order chi connectivity index (χ0) is 16.2. The van der Waals surface area contributed by atoms with Gasteiger partial charge in [-0.2, -0.15) is 9.57 Å². The lowest BCUT2D eigenvalue weighted by molar-refractivity contribution is -0.127. The Morgan fingerprint density at radius 1 is 1.05 bits per heavy atom. The van der Waals surface area contributed by atoms with Crippen LogP contribution in [0.3, 0.4) is 0 Å². The van der Waals surface area contributed by atoms with E-state index in [0.29, 0.717) is 39.3 Å². The van der Waals surface area contributed by atoms with E-state index in [1.807, 2.05) is 11.0 Å². The number of nitrogens with zero attached hydrogens (tertiary/aromatic N) is 4. The molecular weight excluding hydrogens is 304 g/mol. The van der Waals surface area contributed by atoms with Crippen molar-refractivity contribution in [1.29, 1.82) is 5.26 Å². The van der Waals surface area contributed by atoms with Gasteiger partial charge in [0, 0.05) is 45.5 Å². The Balaban J connectivity index is 1.98. The quantitative estimate of drug-likeness (QED) is 0.538. The van der Waals surface area contributed by atoms with Gasteiger partial charge >= 0.3 is 0 Å². The van der Waals surface area contributed by atoms with Crippen molar-refractivity contribution < 1.29 is 13.2 Å². The van der Waals surface area contributed by atoms with Gasteiger partial charge in [0.1, 0.15) is 11.6 Å². The molecule has 0 spiro atoms. The van der Waals surface area contributed by atoms with E-state index in [1.165, 1.54) is 10.6 Å². The third-order valence-corrected chi connectivity index (χ3v) is 5.35. The van der Waals surface area contributed by atoms with Gasteiger partial charge in [-0.1, -0.05) is 0 Å². The van der Waals surface area contributed by atoms with Crippen LogP contribution >= 0.6 is 0 Å². The molecule has 2 saturated heterocycles. The molecule has 0 aromatic heterocycles. The number of piperazine rings is 1. The van der Waals surface area contributed by atoms with E-state index < -0.39 is 10.0 Å². The molecule has 0 aromatic rings. The van der Waals surface area contributed by atoms with Crippen molar-refractivity contribution in [3.05, 3.63) is 11.8 Å². The van der Waals surface area contributed by atoms with Crippen molar-refractivity contribution in [1.82, 2.24) is 14.1 Å². The minimum Gasteiger partial charge on any atom is -0.373 e. The Morgan fingerprint density at radius 2 is 1.64 bits per heavy atom. The maximum Gasteiger partial charge on any atom is 0.266 e. The van der Waals surface area contributed by atoms with E-state index in [9.17, 15) is 18.5 Å². The Hall–Kier alpha value is -1.59. The van der Waals surface area contributed by atoms with Gasteiger partial charge in [-0.15, -0.1) is 0 Å². The van der Waals surface area contributed by atoms with Gasteiger partial charge in [-0.25, -0.2) is 8.42 Å². The molecule has 0 saturated carbocycles. The summed E-state index contributed by atoms with van der Waals surface area (Å²) in [4.78, 5) is 15.9. The van der Waals surface area contributed by atoms with E-state index in [4.69, 9.17) is 0 Å². The molecule has 2 aliphatic rings. The van der Waals surface area contributed by atoms with E-state index in [1.54, 1.807) is 11.1 Å². The van der Waals surface area contributed by atoms with Crippen LogP contribution in [0, 0.1) is 11.3 Å². The largest absolute Gasteiger partial charge is 0.373 e.